The van der Waals surface area contributed by atoms with E-state index in [9.17, 15) is 18.7 Å². The van der Waals surface area contributed by atoms with Gasteiger partial charge in [0.1, 0.15) is 5.75 Å². The average Bonchev–Trinajstić information content (AvgIpc) is 2.63. The van der Waals surface area contributed by atoms with E-state index in [0.717, 1.165) is 12.0 Å². The third kappa shape index (κ3) is 5.32. The number of amides is 1. The summed E-state index contributed by atoms with van der Waals surface area (Å²) in [5.41, 5.74) is 1.85. The van der Waals surface area contributed by atoms with Gasteiger partial charge in [-0.2, -0.15) is 8.78 Å². The second kappa shape index (κ2) is 9.21. The maximum Gasteiger partial charge on any atom is 0.387 e. The van der Waals surface area contributed by atoms with Crippen molar-refractivity contribution in [3.63, 3.8) is 0 Å². The molecule has 0 saturated carbocycles. The molecule has 0 heterocycles. The van der Waals surface area contributed by atoms with Crippen LogP contribution in [0.3, 0.4) is 0 Å². The number of nitrogens with zero attached hydrogens (tertiary/aromatic N) is 1. The fourth-order valence-electron chi connectivity index (χ4n) is 2.64. The van der Waals surface area contributed by atoms with Crippen LogP contribution < -0.4 is 9.47 Å². The average molecular weight is 379 g/mol. The van der Waals surface area contributed by atoms with Crippen molar-refractivity contribution in [2.24, 2.45) is 0 Å². The van der Waals surface area contributed by atoms with Gasteiger partial charge in [-0.3, -0.25) is 4.79 Å². The largest absolute Gasteiger partial charge is 0.507 e. The van der Waals surface area contributed by atoms with Crippen molar-refractivity contribution in [1.82, 2.24) is 4.90 Å². The van der Waals surface area contributed by atoms with Crippen LogP contribution in [0.15, 0.2) is 36.4 Å². The highest BCUT2D eigenvalue weighted by Crippen LogP contribution is 2.30. The van der Waals surface area contributed by atoms with E-state index in [1.54, 1.807) is 38.2 Å². The van der Waals surface area contributed by atoms with Gasteiger partial charge in [-0.15, -0.1) is 0 Å². The number of hydrogen-bond acceptors (Lipinski definition) is 4. The molecule has 0 aliphatic carbocycles. The number of alkyl halides is 2. The summed E-state index contributed by atoms with van der Waals surface area (Å²) < 4.78 is 34.8. The van der Waals surface area contributed by atoms with Crippen molar-refractivity contribution < 1.29 is 28.2 Å². The molecule has 2 aromatic rings. The molecule has 2 aromatic carbocycles. The van der Waals surface area contributed by atoms with Gasteiger partial charge in [-0.1, -0.05) is 19.1 Å². The minimum Gasteiger partial charge on any atom is -0.507 e. The fraction of sp³-hybridized carbons (Fsp3) is 0.350. The summed E-state index contributed by atoms with van der Waals surface area (Å²) in [6.45, 7) is 1.24. The molecule has 7 heteroatoms. The zero-order chi connectivity index (χ0) is 20.0. The lowest BCUT2D eigenvalue weighted by Crippen LogP contribution is -2.26. The molecule has 146 valence electrons. The zero-order valence-electron chi connectivity index (χ0n) is 15.5. The molecule has 0 aromatic heterocycles. The molecule has 0 saturated heterocycles. The number of halogens is 2. The van der Waals surface area contributed by atoms with Crippen LogP contribution in [0.4, 0.5) is 8.78 Å². The van der Waals surface area contributed by atoms with Gasteiger partial charge in [-0.05, 0) is 48.7 Å². The first-order chi connectivity index (χ1) is 12.8. The topological polar surface area (TPSA) is 59.0 Å². The number of phenolic OH excluding ortho intramolecular Hbond substituents is 1. The molecule has 0 aliphatic heterocycles. The van der Waals surface area contributed by atoms with E-state index in [0.29, 0.717) is 5.56 Å². The van der Waals surface area contributed by atoms with Crippen LogP contribution >= 0.6 is 0 Å². The van der Waals surface area contributed by atoms with Gasteiger partial charge >= 0.3 is 6.61 Å². The third-order valence-electron chi connectivity index (χ3n) is 3.99. The molecular formula is C20H23F2NO4. The Bertz CT molecular complexity index is 796. The molecule has 27 heavy (non-hydrogen) atoms. The summed E-state index contributed by atoms with van der Waals surface area (Å²) in [5, 5.41) is 10.00. The Kier molecular flexibility index (Phi) is 6.98. The zero-order valence-corrected chi connectivity index (χ0v) is 15.5. The monoisotopic (exact) mass is 379 g/mol. The number of aromatic hydroxyl groups is 1. The van der Waals surface area contributed by atoms with Crippen molar-refractivity contribution in [3.05, 3.63) is 53.1 Å². The van der Waals surface area contributed by atoms with E-state index >= 15 is 0 Å². The predicted octanol–water partition coefficient (Wildman–Crippen LogP) is 4.23. The molecule has 5 nitrogen and oxygen atoms in total. The number of carbonyl (C=O) groups is 1. The first kappa shape index (κ1) is 20.5. The maximum absolute atomic E-state index is 12.7. The smallest absolute Gasteiger partial charge is 0.387 e. The van der Waals surface area contributed by atoms with E-state index in [2.05, 4.69) is 4.74 Å². The van der Waals surface area contributed by atoms with Crippen LogP contribution in [0, 0.1) is 0 Å². The third-order valence-corrected chi connectivity index (χ3v) is 3.99. The van der Waals surface area contributed by atoms with E-state index in [1.807, 2.05) is 6.92 Å². The Labute approximate surface area is 157 Å². The molecule has 0 radical (unpaired) electrons. The van der Waals surface area contributed by atoms with Gasteiger partial charge in [0.15, 0.2) is 11.5 Å². The normalized spacial score (nSPS) is 10.7. The lowest BCUT2D eigenvalue weighted by atomic mass is 10.1. The lowest BCUT2D eigenvalue weighted by Gasteiger charge is -2.19. The van der Waals surface area contributed by atoms with Crippen LogP contribution in [-0.4, -0.2) is 36.2 Å². The Morgan fingerprint density at radius 3 is 2.44 bits per heavy atom. The molecule has 0 fully saturated rings. The first-order valence-electron chi connectivity index (χ1n) is 8.63. The summed E-state index contributed by atoms with van der Waals surface area (Å²) >= 11 is 0. The van der Waals surface area contributed by atoms with Crippen molar-refractivity contribution >= 4 is 5.91 Å². The number of phenols is 1. The number of ether oxygens (including phenoxy) is 2. The van der Waals surface area contributed by atoms with Gasteiger partial charge in [0.2, 0.25) is 0 Å². The lowest BCUT2D eigenvalue weighted by molar-refractivity contribution is -0.0514. The maximum atomic E-state index is 12.7. The molecule has 0 atom stereocenters. The van der Waals surface area contributed by atoms with E-state index in [-0.39, 0.29) is 41.9 Å². The number of carbonyl (C=O) groups excluding carboxylic acids is 1. The Morgan fingerprint density at radius 2 is 1.81 bits per heavy atom. The molecule has 0 aliphatic rings. The predicted molar refractivity (Wildman–Crippen MR) is 97.5 cm³/mol. The van der Waals surface area contributed by atoms with E-state index in [4.69, 9.17) is 4.74 Å². The SMILES string of the molecule is CCOc1cc(CN(C)C(=O)c2cc(CC)ccc2O)ccc1OC(F)F. The van der Waals surface area contributed by atoms with Gasteiger partial charge < -0.3 is 19.5 Å². The number of hydrogen-bond donors (Lipinski definition) is 1. The highest BCUT2D eigenvalue weighted by atomic mass is 19.3. The van der Waals surface area contributed by atoms with Gasteiger partial charge in [0.25, 0.3) is 5.91 Å². The molecule has 0 bridgehead atoms. The Hall–Kier alpha value is -2.83. The number of aryl methyl sites for hydroxylation is 1. The second-order valence-electron chi connectivity index (χ2n) is 5.96. The quantitative estimate of drug-likeness (QED) is 0.746. The molecule has 1 amide bonds. The number of rotatable bonds is 8. The standard InChI is InChI=1S/C20H23F2NO4/c1-4-13-6-8-16(24)15(10-13)19(25)23(3)12-14-7-9-17(27-20(21)22)18(11-14)26-5-2/h6-11,20,24H,4-5,12H2,1-3H3. The summed E-state index contributed by atoms with van der Waals surface area (Å²) in [6, 6.07) is 9.48. The summed E-state index contributed by atoms with van der Waals surface area (Å²) in [6.07, 6.45) is 0.744. The van der Waals surface area contributed by atoms with Crippen LogP contribution in [-0.2, 0) is 13.0 Å². The molecule has 0 spiro atoms. The van der Waals surface area contributed by atoms with Crippen molar-refractivity contribution in [2.75, 3.05) is 13.7 Å². The van der Waals surface area contributed by atoms with Crippen molar-refractivity contribution in [3.8, 4) is 17.2 Å². The summed E-state index contributed by atoms with van der Waals surface area (Å²) in [7, 11) is 1.60. The molecule has 2 rings (SSSR count). The highest BCUT2D eigenvalue weighted by molar-refractivity contribution is 5.96. The minimum atomic E-state index is -2.95. The Morgan fingerprint density at radius 1 is 1.11 bits per heavy atom. The minimum absolute atomic E-state index is 0.0575. The molecule has 0 unspecified atom stereocenters. The molecular weight excluding hydrogens is 356 g/mol. The van der Waals surface area contributed by atoms with Crippen LogP contribution in [0.2, 0.25) is 0 Å². The van der Waals surface area contributed by atoms with E-state index in [1.165, 1.54) is 17.0 Å². The van der Waals surface area contributed by atoms with Gasteiger partial charge in [0, 0.05) is 13.6 Å². The van der Waals surface area contributed by atoms with Crippen LogP contribution in [0.25, 0.3) is 0 Å². The van der Waals surface area contributed by atoms with Gasteiger partial charge in [-0.25, -0.2) is 0 Å². The van der Waals surface area contributed by atoms with Crippen LogP contribution in [0.5, 0.6) is 17.2 Å². The summed E-state index contributed by atoms with van der Waals surface area (Å²) in [5.74, 6) is -0.293. The fourth-order valence-corrected chi connectivity index (χ4v) is 2.64. The summed E-state index contributed by atoms with van der Waals surface area (Å²) in [4.78, 5) is 14.1. The van der Waals surface area contributed by atoms with E-state index < -0.39 is 6.61 Å². The van der Waals surface area contributed by atoms with Crippen LogP contribution in [0.1, 0.15) is 35.3 Å². The van der Waals surface area contributed by atoms with Crippen molar-refractivity contribution in [2.45, 2.75) is 33.4 Å². The van der Waals surface area contributed by atoms with Gasteiger partial charge in [0.05, 0.1) is 12.2 Å². The second-order valence-corrected chi connectivity index (χ2v) is 5.96. The Balaban J connectivity index is 2.20. The van der Waals surface area contributed by atoms with Crippen molar-refractivity contribution in [1.29, 1.82) is 0 Å². The number of benzene rings is 2. The highest BCUT2D eigenvalue weighted by Gasteiger charge is 2.18. The molecule has 1 N–H and O–H groups in total. The first-order valence-corrected chi connectivity index (χ1v) is 8.63.